The Labute approximate surface area is 102 Å². The second-order valence-electron chi connectivity index (χ2n) is 4.00. The van der Waals surface area contributed by atoms with E-state index in [-0.39, 0.29) is 6.04 Å². The molecule has 17 heavy (non-hydrogen) atoms. The first-order valence-corrected chi connectivity index (χ1v) is 5.76. The molecule has 0 saturated carbocycles. The highest BCUT2D eigenvalue weighted by molar-refractivity contribution is 5.62. The van der Waals surface area contributed by atoms with Crippen molar-refractivity contribution >= 4 is 11.4 Å². The Balaban J connectivity index is 2.75. The van der Waals surface area contributed by atoms with Crippen LogP contribution in [0.3, 0.4) is 0 Å². The molecule has 1 rings (SSSR count). The number of hydrogen-bond acceptors (Lipinski definition) is 4. The van der Waals surface area contributed by atoms with Gasteiger partial charge >= 0.3 is 0 Å². The smallest absolute Gasteiger partial charge is 0.101 e. The zero-order valence-corrected chi connectivity index (χ0v) is 10.4. The van der Waals surface area contributed by atoms with Crippen LogP contribution in [0.15, 0.2) is 18.2 Å². The summed E-state index contributed by atoms with van der Waals surface area (Å²) in [5.41, 5.74) is 7.60. The lowest BCUT2D eigenvalue weighted by Crippen LogP contribution is -2.24. The van der Waals surface area contributed by atoms with Gasteiger partial charge in [0, 0.05) is 24.5 Å². The molecular formula is C13H19N3O. The minimum absolute atomic E-state index is 0.264. The molecular weight excluding hydrogens is 214 g/mol. The second kappa shape index (κ2) is 6.77. The summed E-state index contributed by atoms with van der Waals surface area (Å²) in [4.78, 5) is 0. The van der Waals surface area contributed by atoms with Crippen molar-refractivity contribution in [2.75, 3.05) is 24.8 Å². The lowest BCUT2D eigenvalue weighted by Gasteiger charge is -2.18. The fourth-order valence-electron chi connectivity index (χ4n) is 1.73. The lowest BCUT2D eigenvalue weighted by molar-refractivity contribution is 0.182. The number of hydrogen-bond donors (Lipinski definition) is 2. The third-order valence-corrected chi connectivity index (χ3v) is 2.55. The van der Waals surface area contributed by atoms with Crippen LogP contribution in [0, 0.1) is 11.3 Å². The zero-order chi connectivity index (χ0) is 12.7. The molecule has 0 aromatic heterocycles. The summed E-state index contributed by atoms with van der Waals surface area (Å²) in [7, 11) is 1.69. The van der Waals surface area contributed by atoms with Crippen molar-refractivity contribution in [1.82, 2.24) is 0 Å². The largest absolute Gasteiger partial charge is 0.398 e. The summed E-state index contributed by atoms with van der Waals surface area (Å²) in [5.74, 6) is 0. The number of rotatable bonds is 6. The summed E-state index contributed by atoms with van der Waals surface area (Å²) in [6.45, 7) is 2.79. The Kier molecular flexibility index (Phi) is 5.31. The molecule has 0 fully saturated rings. The Morgan fingerprint density at radius 3 is 2.88 bits per heavy atom. The molecule has 0 radical (unpaired) electrons. The molecule has 0 spiro atoms. The Hall–Kier alpha value is -1.73. The zero-order valence-electron chi connectivity index (χ0n) is 10.4. The predicted octanol–water partition coefficient (Wildman–Crippen LogP) is 2.37. The van der Waals surface area contributed by atoms with Gasteiger partial charge in [0.1, 0.15) is 6.07 Å². The van der Waals surface area contributed by atoms with E-state index in [1.807, 2.05) is 6.07 Å². The topological polar surface area (TPSA) is 71.1 Å². The molecule has 0 saturated heterocycles. The Morgan fingerprint density at radius 1 is 1.53 bits per heavy atom. The van der Waals surface area contributed by atoms with Crippen molar-refractivity contribution in [3.8, 4) is 6.07 Å². The van der Waals surface area contributed by atoms with Gasteiger partial charge in [-0.05, 0) is 24.6 Å². The van der Waals surface area contributed by atoms with E-state index in [0.717, 1.165) is 18.5 Å². The van der Waals surface area contributed by atoms with E-state index in [9.17, 15) is 0 Å². The van der Waals surface area contributed by atoms with Crippen LogP contribution >= 0.6 is 0 Å². The maximum atomic E-state index is 8.90. The molecule has 1 aromatic rings. The number of benzene rings is 1. The van der Waals surface area contributed by atoms with Gasteiger partial charge in [-0.1, -0.05) is 13.3 Å². The standard InChI is InChI=1S/C13H19N3O/c1-3-4-12(9-17-2)16-11-5-6-13(15)10(7-11)8-14/h5-7,12,16H,3-4,9,15H2,1-2H3. The molecule has 0 aliphatic rings. The minimum Gasteiger partial charge on any atom is -0.398 e. The van der Waals surface area contributed by atoms with Gasteiger partial charge in [-0.15, -0.1) is 0 Å². The number of nitrogens with two attached hydrogens (primary N) is 1. The molecule has 92 valence electrons. The third-order valence-electron chi connectivity index (χ3n) is 2.55. The lowest BCUT2D eigenvalue weighted by atomic mass is 10.1. The number of methoxy groups -OCH3 is 1. The van der Waals surface area contributed by atoms with Gasteiger partial charge in [-0.2, -0.15) is 5.26 Å². The van der Waals surface area contributed by atoms with Gasteiger partial charge < -0.3 is 15.8 Å². The molecule has 0 bridgehead atoms. The van der Waals surface area contributed by atoms with Crippen LogP contribution in [0.2, 0.25) is 0 Å². The predicted molar refractivity (Wildman–Crippen MR) is 69.8 cm³/mol. The first kappa shape index (κ1) is 13.3. The first-order valence-electron chi connectivity index (χ1n) is 5.76. The molecule has 1 aromatic carbocycles. The van der Waals surface area contributed by atoms with Gasteiger partial charge in [0.05, 0.1) is 12.2 Å². The third kappa shape index (κ3) is 3.97. The van der Waals surface area contributed by atoms with Crippen molar-refractivity contribution in [3.63, 3.8) is 0 Å². The number of anilines is 2. The SMILES string of the molecule is CCCC(COC)Nc1ccc(N)c(C#N)c1. The Morgan fingerprint density at radius 2 is 2.29 bits per heavy atom. The summed E-state index contributed by atoms with van der Waals surface area (Å²) in [6, 6.07) is 7.74. The van der Waals surface area contributed by atoms with Gasteiger partial charge in [0.2, 0.25) is 0 Å². The molecule has 3 N–H and O–H groups in total. The molecule has 4 nitrogen and oxygen atoms in total. The highest BCUT2D eigenvalue weighted by atomic mass is 16.5. The van der Waals surface area contributed by atoms with Crippen LogP contribution in [0.4, 0.5) is 11.4 Å². The van der Waals surface area contributed by atoms with Crippen LogP contribution < -0.4 is 11.1 Å². The van der Waals surface area contributed by atoms with Crippen LogP contribution in [0.5, 0.6) is 0 Å². The molecule has 0 aliphatic carbocycles. The van der Waals surface area contributed by atoms with Crippen molar-refractivity contribution in [2.24, 2.45) is 0 Å². The maximum absolute atomic E-state index is 8.90. The highest BCUT2D eigenvalue weighted by Gasteiger charge is 2.08. The normalized spacial score (nSPS) is 11.8. The van der Waals surface area contributed by atoms with E-state index in [2.05, 4.69) is 18.3 Å². The summed E-state index contributed by atoms with van der Waals surface area (Å²) in [6.07, 6.45) is 2.11. The average molecular weight is 233 g/mol. The van der Waals surface area contributed by atoms with Gasteiger partial charge in [0.25, 0.3) is 0 Å². The fraction of sp³-hybridized carbons (Fsp3) is 0.462. The molecule has 0 amide bonds. The van der Waals surface area contributed by atoms with Crippen molar-refractivity contribution in [2.45, 2.75) is 25.8 Å². The van der Waals surface area contributed by atoms with Crippen molar-refractivity contribution in [1.29, 1.82) is 5.26 Å². The number of nitrogens with one attached hydrogen (secondary N) is 1. The number of nitrogens with zero attached hydrogens (tertiary/aromatic N) is 1. The van der Waals surface area contributed by atoms with E-state index < -0.39 is 0 Å². The minimum atomic E-state index is 0.264. The average Bonchev–Trinajstić information content (AvgIpc) is 2.32. The number of ether oxygens (including phenoxy) is 1. The van der Waals surface area contributed by atoms with E-state index in [1.54, 1.807) is 19.2 Å². The maximum Gasteiger partial charge on any atom is 0.101 e. The summed E-state index contributed by atoms with van der Waals surface area (Å²) < 4.78 is 5.16. The molecule has 4 heteroatoms. The monoisotopic (exact) mass is 233 g/mol. The molecule has 1 unspecified atom stereocenters. The quantitative estimate of drug-likeness (QED) is 0.740. The number of nitriles is 1. The van der Waals surface area contributed by atoms with E-state index in [0.29, 0.717) is 17.9 Å². The molecule has 0 aliphatic heterocycles. The van der Waals surface area contributed by atoms with Crippen LogP contribution in [-0.4, -0.2) is 19.8 Å². The van der Waals surface area contributed by atoms with Gasteiger partial charge in [0.15, 0.2) is 0 Å². The van der Waals surface area contributed by atoms with Crippen LogP contribution in [-0.2, 0) is 4.74 Å². The van der Waals surface area contributed by atoms with E-state index >= 15 is 0 Å². The second-order valence-corrected chi connectivity index (χ2v) is 4.00. The summed E-state index contributed by atoms with van der Waals surface area (Å²) in [5, 5.41) is 12.3. The van der Waals surface area contributed by atoms with E-state index in [4.69, 9.17) is 15.7 Å². The van der Waals surface area contributed by atoms with Crippen LogP contribution in [0.1, 0.15) is 25.3 Å². The van der Waals surface area contributed by atoms with Gasteiger partial charge in [-0.3, -0.25) is 0 Å². The fourth-order valence-corrected chi connectivity index (χ4v) is 1.73. The van der Waals surface area contributed by atoms with Crippen molar-refractivity contribution < 1.29 is 4.74 Å². The highest BCUT2D eigenvalue weighted by Crippen LogP contribution is 2.18. The Bertz CT molecular complexity index is 392. The van der Waals surface area contributed by atoms with Crippen LogP contribution in [0.25, 0.3) is 0 Å². The molecule has 1 atom stereocenters. The van der Waals surface area contributed by atoms with E-state index in [1.165, 1.54) is 0 Å². The van der Waals surface area contributed by atoms with Crippen molar-refractivity contribution in [3.05, 3.63) is 23.8 Å². The molecule has 0 heterocycles. The first-order chi connectivity index (χ1) is 8.21. The summed E-state index contributed by atoms with van der Waals surface area (Å²) >= 11 is 0. The number of nitrogen functional groups attached to an aromatic ring is 1. The van der Waals surface area contributed by atoms with Gasteiger partial charge in [-0.25, -0.2) is 0 Å².